The molecule has 6 nitrogen and oxygen atoms in total. The molecule has 0 aromatic heterocycles. The highest BCUT2D eigenvalue weighted by atomic mass is 16.9. The van der Waals surface area contributed by atoms with Crippen LogP contribution in [0, 0.1) is 0 Å². The molecule has 0 radical (unpaired) electrons. The summed E-state index contributed by atoms with van der Waals surface area (Å²) in [6.07, 6.45) is 1.51. The minimum Gasteiger partial charge on any atom is -0.481 e. The standard InChI is InChI=1S/C11H20O6/c1-4-11(15-2,16-3)17-10(14)8-6-5-7-9(12)13/h4-8H2,1-3H3,(H,12,13). The first-order chi connectivity index (χ1) is 7.99. The van der Waals surface area contributed by atoms with E-state index in [1.807, 2.05) is 0 Å². The van der Waals surface area contributed by atoms with E-state index in [1.54, 1.807) is 6.92 Å². The topological polar surface area (TPSA) is 82.1 Å². The summed E-state index contributed by atoms with van der Waals surface area (Å²) in [5, 5.41) is 8.42. The van der Waals surface area contributed by atoms with Crippen molar-refractivity contribution in [3.63, 3.8) is 0 Å². The molecule has 0 rings (SSSR count). The maximum absolute atomic E-state index is 11.5. The van der Waals surface area contributed by atoms with Crippen molar-refractivity contribution in [1.29, 1.82) is 0 Å². The predicted octanol–water partition coefficient (Wildman–Crippen LogP) is 1.53. The summed E-state index contributed by atoms with van der Waals surface area (Å²) in [7, 11) is 2.79. The fourth-order valence-corrected chi connectivity index (χ4v) is 1.30. The van der Waals surface area contributed by atoms with E-state index in [0.29, 0.717) is 19.3 Å². The SMILES string of the molecule is CCC(OC)(OC)OC(=O)CCCCC(=O)O. The number of carbonyl (C=O) groups excluding carboxylic acids is 1. The van der Waals surface area contributed by atoms with Gasteiger partial charge in [-0.25, -0.2) is 0 Å². The molecule has 0 aliphatic rings. The molecule has 17 heavy (non-hydrogen) atoms. The molecule has 0 aromatic rings. The molecule has 0 saturated carbocycles. The Labute approximate surface area is 101 Å². The largest absolute Gasteiger partial charge is 0.481 e. The lowest BCUT2D eigenvalue weighted by Crippen LogP contribution is -2.38. The zero-order chi connectivity index (χ0) is 13.3. The van der Waals surface area contributed by atoms with Crippen LogP contribution in [0.25, 0.3) is 0 Å². The van der Waals surface area contributed by atoms with E-state index >= 15 is 0 Å². The smallest absolute Gasteiger partial charge is 0.328 e. The van der Waals surface area contributed by atoms with Crippen LogP contribution in [-0.2, 0) is 23.8 Å². The second kappa shape index (κ2) is 8.03. The molecule has 0 bridgehead atoms. The van der Waals surface area contributed by atoms with Gasteiger partial charge >= 0.3 is 17.9 Å². The van der Waals surface area contributed by atoms with Crippen LogP contribution < -0.4 is 0 Å². The molecular formula is C11H20O6. The summed E-state index contributed by atoms with van der Waals surface area (Å²) < 4.78 is 15.0. The van der Waals surface area contributed by atoms with Crippen molar-refractivity contribution < 1.29 is 28.9 Å². The number of unbranched alkanes of at least 4 members (excludes halogenated alkanes) is 1. The minimum absolute atomic E-state index is 0.0563. The second-order valence-corrected chi connectivity index (χ2v) is 3.52. The third-order valence-electron chi connectivity index (χ3n) is 2.35. The number of methoxy groups -OCH3 is 2. The minimum atomic E-state index is -1.33. The van der Waals surface area contributed by atoms with Gasteiger partial charge in [-0.05, 0) is 12.8 Å². The average Bonchev–Trinajstić information content (AvgIpc) is 2.32. The van der Waals surface area contributed by atoms with Crippen molar-refractivity contribution >= 4 is 11.9 Å². The van der Waals surface area contributed by atoms with E-state index in [-0.39, 0.29) is 12.8 Å². The van der Waals surface area contributed by atoms with Crippen LogP contribution in [0.3, 0.4) is 0 Å². The number of carboxylic acid groups (broad SMARTS) is 1. The summed E-state index contributed by atoms with van der Waals surface area (Å²) in [6, 6.07) is 0. The van der Waals surface area contributed by atoms with Crippen molar-refractivity contribution in [3.8, 4) is 0 Å². The summed E-state index contributed by atoms with van der Waals surface area (Å²) in [5.41, 5.74) is 0. The Bertz CT molecular complexity index is 238. The first-order valence-corrected chi connectivity index (χ1v) is 5.53. The molecule has 0 amide bonds. The number of rotatable bonds is 9. The Morgan fingerprint density at radius 1 is 1.12 bits per heavy atom. The number of esters is 1. The van der Waals surface area contributed by atoms with E-state index in [9.17, 15) is 9.59 Å². The Morgan fingerprint density at radius 2 is 1.65 bits per heavy atom. The molecule has 0 aliphatic heterocycles. The maximum Gasteiger partial charge on any atom is 0.328 e. The van der Waals surface area contributed by atoms with Crippen LogP contribution in [0.1, 0.15) is 39.0 Å². The molecule has 0 aromatic carbocycles. The third-order valence-corrected chi connectivity index (χ3v) is 2.35. The summed E-state index contributed by atoms with van der Waals surface area (Å²) in [5.74, 6) is -2.65. The van der Waals surface area contributed by atoms with E-state index in [0.717, 1.165) is 0 Å². The Kier molecular flexibility index (Phi) is 7.49. The molecule has 0 aliphatic carbocycles. The fourth-order valence-electron chi connectivity index (χ4n) is 1.30. The zero-order valence-electron chi connectivity index (χ0n) is 10.5. The number of hydrogen-bond donors (Lipinski definition) is 1. The zero-order valence-corrected chi connectivity index (χ0v) is 10.5. The van der Waals surface area contributed by atoms with E-state index in [4.69, 9.17) is 19.3 Å². The first-order valence-electron chi connectivity index (χ1n) is 5.53. The van der Waals surface area contributed by atoms with Crippen molar-refractivity contribution in [2.24, 2.45) is 0 Å². The highest BCUT2D eigenvalue weighted by Crippen LogP contribution is 2.19. The Hall–Kier alpha value is -1.14. The van der Waals surface area contributed by atoms with Crippen LogP contribution in [0.15, 0.2) is 0 Å². The summed E-state index contributed by atoms with van der Waals surface area (Å²) in [4.78, 5) is 21.7. The molecule has 0 saturated heterocycles. The van der Waals surface area contributed by atoms with E-state index in [2.05, 4.69) is 0 Å². The van der Waals surface area contributed by atoms with Crippen LogP contribution in [0.2, 0.25) is 0 Å². The average molecular weight is 248 g/mol. The van der Waals surface area contributed by atoms with Crippen molar-refractivity contribution in [1.82, 2.24) is 0 Å². The molecule has 6 heteroatoms. The molecule has 1 N–H and O–H groups in total. The number of aliphatic carboxylic acids is 1. The van der Waals surface area contributed by atoms with Crippen LogP contribution in [0.5, 0.6) is 0 Å². The van der Waals surface area contributed by atoms with Gasteiger partial charge < -0.3 is 19.3 Å². The van der Waals surface area contributed by atoms with Gasteiger partial charge in [0.25, 0.3) is 0 Å². The molecule has 100 valence electrons. The monoisotopic (exact) mass is 248 g/mol. The number of hydrogen-bond acceptors (Lipinski definition) is 5. The molecule has 0 spiro atoms. The van der Waals surface area contributed by atoms with Gasteiger partial charge in [0.15, 0.2) is 0 Å². The van der Waals surface area contributed by atoms with Gasteiger partial charge in [-0.2, -0.15) is 0 Å². The van der Waals surface area contributed by atoms with Crippen molar-refractivity contribution in [3.05, 3.63) is 0 Å². The first kappa shape index (κ1) is 15.9. The molecule has 0 fully saturated rings. The Balaban J connectivity index is 3.95. The Morgan fingerprint density at radius 3 is 2.06 bits per heavy atom. The van der Waals surface area contributed by atoms with Crippen molar-refractivity contribution in [2.75, 3.05) is 14.2 Å². The quantitative estimate of drug-likeness (QED) is 0.378. The summed E-state index contributed by atoms with van der Waals surface area (Å²) in [6.45, 7) is 1.77. The lowest BCUT2D eigenvalue weighted by atomic mass is 10.2. The van der Waals surface area contributed by atoms with Crippen LogP contribution in [-0.4, -0.2) is 37.2 Å². The van der Waals surface area contributed by atoms with Gasteiger partial charge in [-0.3, -0.25) is 9.59 Å². The predicted molar refractivity (Wildman–Crippen MR) is 59.2 cm³/mol. The molecule has 0 heterocycles. The van der Waals surface area contributed by atoms with Gasteiger partial charge in [0.1, 0.15) is 0 Å². The number of carboxylic acids is 1. The summed E-state index contributed by atoms with van der Waals surface area (Å²) >= 11 is 0. The maximum atomic E-state index is 11.5. The van der Waals surface area contributed by atoms with Gasteiger partial charge in [0.2, 0.25) is 0 Å². The molecule has 0 unspecified atom stereocenters. The van der Waals surface area contributed by atoms with E-state index in [1.165, 1.54) is 14.2 Å². The highest BCUT2D eigenvalue weighted by Gasteiger charge is 2.32. The lowest BCUT2D eigenvalue weighted by Gasteiger charge is -2.28. The lowest BCUT2D eigenvalue weighted by molar-refractivity contribution is -0.345. The van der Waals surface area contributed by atoms with Gasteiger partial charge in [0, 0.05) is 33.5 Å². The van der Waals surface area contributed by atoms with Gasteiger partial charge in [-0.1, -0.05) is 6.92 Å². The van der Waals surface area contributed by atoms with E-state index < -0.39 is 17.9 Å². The van der Waals surface area contributed by atoms with Gasteiger partial charge in [0.05, 0.1) is 0 Å². The third kappa shape index (κ3) is 6.23. The number of ether oxygens (including phenoxy) is 3. The molecular weight excluding hydrogens is 228 g/mol. The van der Waals surface area contributed by atoms with Gasteiger partial charge in [-0.15, -0.1) is 0 Å². The van der Waals surface area contributed by atoms with Crippen molar-refractivity contribution in [2.45, 2.75) is 45.0 Å². The van der Waals surface area contributed by atoms with Crippen LogP contribution >= 0.6 is 0 Å². The fraction of sp³-hybridized carbons (Fsp3) is 0.818. The second-order valence-electron chi connectivity index (χ2n) is 3.52. The normalized spacial score (nSPS) is 11.2. The highest BCUT2D eigenvalue weighted by molar-refractivity contribution is 5.70. The van der Waals surface area contributed by atoms with Crippen LogP contribution in [0.4, 0.5) is 0 Å². The number of carbonyl (C=O) groups is 2. The molecule has 0 atom stereocenters.